The van der Waals surface area contributed by atoms with Crippen LogP contribution in [0.2, 0.25) is 0 Å². The number of nitrogens with zero attached hydrogens (tertiary/aromatic N) is 5. The van der Waals surface area contributed by atoms with Crippen LogP contribution in [0.25, 0.3) is 0 Å². The molecule has 0 saturated carbocycles. The van der Waals surface area contributed by atoms with Crippen molar-refractivity contribution in [1.29, 1.82) is 0 Å². The third kappa shape index (κ3) is 6.62. The Hall–Kier alpha value is -2.29. The number of piperidine rings is 1. The third-order valence-electron chi connectivity index (χ3n) is 5.58. The Balaban J connectivity index is 1.37. The van der Waals surface area contributed by atoms with Gasteiger partial charge < -0.3 is 24.4 Å². The fourth-order valence-corrected chi connectivity index (χ4v) is 3.88. The molecule has 1 aromatic heterocycles. The van der Waals surface area contributed by atoms with Crippen LogP contribution < -0.4 is 5.32 Å². The van der Waals surface area contributed by atoms with Gasteiger partial charge in [-0.05, 0) is 39.5 Å². The smallest absolute Gasteiger partial charge is 0.410 e. The van der Waals surface area contributed by atoms with Gasteiger partial charge in [0.25, 0.3) is 0 Å². The average molecular weight is 421 g/mol. The largest absolute Gasteiger partial charge is 0.444 e. The van der Waals surface area contributed by atoms with Gasteiger partial charge in [-0.3, -0.25) is 9.89 Å². The van der Waals surface area contributed by atoms with Gasteiger partial charge in [-0.2, -0.15) is 0 Å². The second-order valence-corrected chi connectivity index (χ2v) is 9.09. The van der Waals surface area contributed by atoms with Crippen molar-refractivity contribution in [2.45, 2.75) is 45.8 Å². The molecule has 168 valence electrons. The highest BCUT2D eigenvalue weighted by Crippen LogP contribution is 2.19. The Bertz CT molecular complexity index is 684. The van der Waals surface area contributed by atoms with E-state index in [1.165, 1.54) is 0 Å². The van der Waals surface area contributed by atoms with Crippen LogP contribution in [0, 0.1) is 5.92 Å². The quantitative estimate of drug-likeness (QED) is 0.589. The second-order valence-electron chi connectivity index (χ2n) is 9.09. The van der Waals surface area contributed by atoms with Crippen LogP contribution >= 0.6 is 0 Å². The number of aromatic nitrogens is 1. The lowest BCUT2D eigenvalue weighted by atomic mass is 9.97. The summed E-state index contributed by atoms with van der Waals surface area (Å²) in [5.41, 5.74) is 0.532. The summed E-state index contributed by atoms with van der Waals surface area (Å²) in [5, 5.41) is 7.54. The third-order valence-corrected chi connectivity index (χ3v) is 5.58. The predicted octanol–water partition coefficient (Wildman–Crippen LogP) is 2.01. The van der Waals surface area contributed by atoms with Gasteiger partial charge in [0.15, 0.2) is 5.96 Å². The number of piperazine rings is 1. The molecule has 30 heavy (non-hydrogen) atoms. The van der Waals surface area contributed by atoms with E-state index in [-0.39, 0.29) is 6.09 Å². The molecule has 2 aliphatic heterocycles. The van der Waals surface area contributed by atoms with E-state index in [2.05, 4.69) is 25.3 Å². The average Bonchev–Trinajstić information content (AvgIpc) is 3.22. The van der Waals surface area contributed by atoms with Crippen LogP contribution in [0.5, 0.6) is 0 Å². The molecule has 0 bridgehead atoms. The van der Waals surface area contributed by atoms with Crippen LogP contribution in [0.4, 0.5) is 4.79 Å². The number of likely N-dealkylation sites (tertiary alicyclic amines) is 1. The summed E-state index contributed by atoms with van der Waals surface area (Å²) in [6.45, 7) is 12.7. The van der Waals surface area contributed by atoms with E-state index in [1.807, 2.05) is 38.8 Å². The van der Waals surface area contributed by atoms with E-state index in [0.29, 0.717) is 5.92 Å². The minimum absolute atomic E-state index is 0.201. The van der Waals surface area contributed by atoms with E-state index in [1.54, 1.807) is 6.26 Å². The highest BCUT2D eigenvalue weighted by Gasteiger charge is 2.27. The molecule has 0 atom stereocenters. The monoisotopic (exact) mass is 420 g/mol. The summed E-state index contributed by atoms with van der Waals surface area (Å²) in [7, 11) is 1.84. The topological polar surface area (TPSA) is 86.4 Å². The van der Waals surface area contributed by atoms with Crippen molar-refractivity contribution < 1.29 is 14.1 Å². The van der Waals surface area contributed by atoms with E-state index in [4.69, 9.17) is 9.26 Å². The summed E-state index contributed by atoms with van der Waals surface area (Å²) in [4.78, 5) is 23.2. The number of aliphatic imine (C=N–C) groups is 1. The summed E-state index contributed by atoms with van der Waals surface area (Å²) >= 11 is 0. The summed E-state index contributed by atoms with van der Waals surface area (Å²) in [6.07, 6.45) is 3.38. The number of hydrogen-bond donors (Lipinski definition) is 1. The number of ether oxygens (including phenoxy) is 1. The van der Waals surface area contributed by atoms with Crippen molar-refractivity contribution in [3.8, 4) is 0 Å². The van der Waals surface area contributed by atoms with Gasteiger partial charge in [-0.25, -0.2) is 4.79 Å². The molecule has 9 nitrogen and oxygen atoms in total. The molecule has 1 N–H and O–H groups in total. The van der Waals surface area contributed by atoms with Gasteiger partial charge in [0, 0.05) is 65.5 Å². The van der Waals surface area contributed by atoms with Crippen molar-refractivity contribution in [2.75, 3.05) is 52.9 Å². The van der Waals surface area contributed by atoms with Crippen molar-refractivity contribution in [3.05, 3.63) is 18.0 Å². The van der Waals surface area contributed by atoms with Gasteiger partial charge in [0.2, 0.25) is 0 Å². The van der Waals surface area contributed by atoms with E-state index in [0.717, 1.165) is 76.9 Å². The number of nitrogens with one attached hydrogen (secondary N) is 1. The first kappa shape index (κ1) is 22.4. The van der Waals surface area contributed by atoms with Crippen molar-refractivity contribution >= 4 is 12.1 Å². The summed E-state index contributed by atoms with van der Waals surface area (Å²) in [5.74, 6) is 1.50. The normalized spacial score (nSPS) is 19.8. The summed E-state index contributed by atoms with van der Waals surface area (Å²) < 4.78 is 10.4. The maximum absolute atomic E-state index is 12.2. The molecule has 1 aromatic rings. The Morgan fingerprint density at radius 1 is 1.20 bits per heavy atom. The number of amides is 1. The Morgan fingerprint density at radius 2 is 1.90 bits per heavy atom. The molecule has 1 amide bonds. The van der Waals surface area contributed by atoms with Crippen LogP contribution in [0.15, 0.2) is 21.8 Å². The second kappa shape index (κ2) is 10.1. The number of guanidine groups is 1. The molecule has 0 aromatic carbocycles. The van der Waals surface area contributed by atoms with Gasteiger partial charge in [0.05, 0.1) is 5.69 Å². The number of rotatable bonds is 4. The molecule has 0 unspecified atom stereocenters. The summed E-state index contributed by atoms with van der Waals surface area (Å²) in [6, 6.07) is 1.92. The molecular weight excluding hydrogens is 384 g/mol. The fraction of sp³-hybridized carbons (Fsp3) is 0.762. The van der Waals surface area contributed by atoms with Crippen molar-refractivity contribution in [1.82, 2.24) is 25.2 Å². The molecular formula is C21H36N6O3. The van der Waals surface area contributed by atoms with Gasteiger partial charge in [-0.15, -0.1) is 0 Å². The Morgan fingerprint density at radius 3 is 2.47 bits per heavy atom. The van der Waals surface area contributed by atoms with Crippen molar-refractivity contribution in [3.63, 3.8) is 0 Å². The molecule has 3 rings (SSSR count). The first-order valence-electron chi connectivity index (χ1n) is 10.9. The lowest BCUT2D eigenvalue weighted by molar-refractivity contribution is 0.0185. The molecule has 3 heterocycles. The van der Waals surface area contributed by atoms with E-state index >= 15 is 0 Å². The van der Waals surface area contributed by atoms with Gasteiger partial charge in [0.1, 0.15) is 11.9 Å². The Kier molecular flexibility index (Phi) is 7.58. The minimum Gasteiger partial charge on any atom is -0.444 e. The van der Waals surface area contributed by atoms with Crippen molar-refractivity contribution in [2.24, 2.45) is 10.9 Å². The molecule has 2 saturated heterocycles. The van der Waals surface area contributed by atoms with Crippen LogP contribution in [-0.2, 0) is 11.3 Å². The molecule has 0 spiro atoms. The lowest BCUT2D eigenvalue weighted by Crippen LogP contribution is -2.53. The zero-order valence-corrected chi connectivity index (χ0v) is 18.8. The maximum Gasteiger partial charge on any atom is 0.410 e. The molecule has 2 aliphatic rings. The molecule has 0 radical (unpaired) electrons. The SMILES string of the molecule is CN=C(NCC1CCN(C(=O)OC(C)(C)C)CC1)N1CCN(Cc2ccon2)CC1. The number of carbonyl (C=O) groups is 1. The zero-order chi connectivity index (χ0) is 21.6. The standard InChI is InChI=1S/C21H36N6O3/c1-21(2,3)30-20(28)27-8-5-17(6-9-27)15-23-19(22-4)26-12-10-25(11-13-26)16-18-7-14-29-24-18/h7,14,17H,5-6,8-13,15-16H2,1-4H3,(H,22,23). The lowest BCUT2D eigenvalue weighted by Gasteiger charge is -2.37. The zero-order valence-electron chi connectivity index (χ0n) is 18.8. The van der Waals surface area contributed by atoms with Gasteiger partial charge in [-0.1, -0.05) is 5.16 Å². The number of carbonyl (C=O) groups excluding carboxylic acids is 1. The first-order chi connectivity index (χ1) is 14.3. The van der Waals surface area contributed by atoms with Gasteiger partial charge >= 0.3 is 6.09 Å². The minimum atomic E-state index is -0.443. The van der Waals surface area contributed by atoms with Crippen LogP contribution in [-0.4, -0.2) is 90.4 Å². The number of hydrogen-bond acceptors (Lipinski definition) is 6. The predicted molar refractivity (Wildman–Crippen MR) is 115 cm³/mol. The maximum atomic E-state index is 12.2. The fourth-order valence-electron chi connectivity index (χ4n) is 3.88. The van der Waals surface area contributed by atoms with Crippen LogP contribution in [0.3, 0.4) is 0 Å². The van der Waals surface area contributed by atoms with E-state index < -0.39 is 5.60 Å². The highest BCUT2D eigenvalue weighted by molar-refractivity contribution is 5.80. The molecule has 0 aliphatic carbocycles. The van der Waals surface area contributed by atoms with Crippen LogP contribution in [0.1, 0.15) is 39.3 Å². The molecule has 2 fully saturated rings. The highest BCUT2D eigenvalue weighted by atomic mass is 16.6. The Labute approximate surface area is 179 Å². The molecule has 9 heteroatoms. The van der Waals surface area contributed by atoms with E-state index in [9.17, 15) is 4.79 Å². The first-order valence-corrected chi connectivity index (χ1v) is 10.9.